The van der Waals surface area contributed by atoms with Crippen LogP contribution in [0.15, 0.2) is 47.4 Å². The molecule has 0 radical (unpaired) electrons. The lowest BCUT2D eigenvalue weighted by Gasteiger charge is -2.44. The maximum Gasteiger partial charge on any atom is 0.180 e. The van der Waals surface area contributed by atoms with Gasteiger partial charge in [-0.15, -0.1) is 0 Å². The Morgan fingerprint density at radius 2 is 1.67 bits per heavy atom. The van der Waals surface area contributed by atoms with E-state index in [0.29, 0.717) is 29.9 Å². The Bertz CT molecular complexity index is 977. The Balaban J connectivity index is 2.41. The number of ether oxygens (including phenoxy) is 2. The van der Waals surface area contributed by atoms with Gasteiger partial charge in [-0.1, -0.05) is 50.6 Å². The summed E-state index contributed by atoms with van der Waals surface area (Å²) in [5, 5.41) is 1.89. The molecule has 1 heterocycles. The predicted molar refractivity (Wildman–Crippen MR) is 117 cm³/mol. The minimum Gasteiger partial charge on any atom is -0.493 e. The standard InChI is InChI=1S/C23H31NO5S/c1-6-13-23(7-2)16-30(25,26)21-15-20(28-4)19(27-3)14-18(21)22(24(23)29-5)17-11-9-8-10-12-17/h8-12,14-15,22H,6-7,13,16H2,1-5H3/t22-,23-/m1/s1. The molecule has 0 bridgehead atoms. The van der Waals surface area contributed by atoms with Crippen LogP contribution in [0, 0.1) is 0 Å². The molecule has 0 N–H and O–H groups in total. The largest absolute Gasteiger partial charge is 0.493 e. The fraction of sp³-hybridized carbons (Fsp3) is 0.478. The highest BCUT2D eigenvalue weighted by Crippen LogP contribution is 2.47. The van der Waals surface area contributed by atoms with Crippen LogP contribution in [0.5, 0.6) is 11.5 Å². The maximum absolute atomic E-state index is 13.7. The Hall–Kier alpha value is -2.09. The van der Waals surface area contributed by atoms with Crippen molar-refractivity contribution in [2.45, 2.75) is 49.6 Å². The Morgan fingerprint density at radius 1 is 1.03 bits per heavy atom. The van der Waals surface area contributed by atoms with Crippen molar-refractivity contribution in [2.24, 2.45) is 0 Å². The zero-order chi connectivity index (χ0) is 21.9. The lowest BCUT2D eigenvalue weighted by atomic mass is 9.88. The summed E-state index contributed by atoms with van der Waals surface area (Å²) in [5.74, 6) is 0.863. The van der Waals surface area contributed by atoms with Crippen LogP contribution in [0.3, 0.4) is 0 Å². The second-order valence-corrected chi connectivity index (χ2v) is 9.61. The van der Waals surface area contributed by atoms with Gasteiger partial charge in [0.2, 0.25) is 0 Å². The summed E-state index contributed by atoms with van der Waals surface area (Å²) in [6.07, 6.45) is 2.18. The summed E-state index contributed by atoms with van der Waals surface area (Å²) < 4.78 is 38.3. The minimum atomic E-state index is -3.62. The van der Waals surface area contributed by atoms with Crippen molar-refractivity contribution in [3.63, 3.8) is 0 Å². The number of sulfone groups is 1. The summed E-state index contributed by atoms with van der Waals surface area (Å²) in [5.41, 5.74) is 0.925. The first-order valence-electron chi connectivity index (χ1n) is 10.2. The van der Waals surface area contributed by atoms with Gasteiger partial charge < -0.3 is 14.3 Å². The fourth-order valence-electron chi connectivity index (χ4n) is 4.59. The van der Waals surface area contributed by atoms with E-state index < -0.39 is 21.4 Å². The highest BCUT2D eigenvalue weighted by molar-refractivity contribution is 7.91. The maximum atomic E-state index is 13.7. The van der Waals surface area contributed by atoms with E-state index in [1.165, 1.54) is 7.11 Å². The number of hydrogen-bond donors (Lipinski definition) is 0. The third-order valence-corrected chi connectivity index (χ3v) is 7.93. The van der Waals surface area contributed by atoms with Gasteiger partial charge in [-0.25, -0.2) is 8.42 Å². The highest BCUT2D eigenvalue weighted by atomic mass is 32.2. The molecule has 0 saturated heterocycles. The molecule has 0 saturated carbocycles. The van der Waals surface area contributed by atoms with Gasteiger partial charge in [0, 0.05) is 6.07 Å². The predicted octanol–water partition coefficient (Wildman–Crippen LogP) is 4.39. The molecule has 0 unspecified atom stereocenters. The highest BCUT2D eigenvalue weighted by Gasteiger charge is 2.48. The van der Waals surface area contributed by atoms with Gasteiger partial charge in [0.05, 0.1) is 43.6 Å². The molecule has 2 atom stereocenters. The van der Waals surface area contributed by atoms with Crippen LogP contribution in [0.1, 0.15) is 50.3 Å². The van der Waals surface area contributed by atoms with Crippen molar-refractivity contribution < 1.29 is 22.7 Å². The molecule has 7 heteroatoms. The first kappa shape index (κ1) is 22.6. The number of benzene rings is 2. The van der Waals surface area contributed by atoms with E-state index in [1.807, 2.05) is 42.3 Å². The third-order valence-electron chi connectivity index (χ3n) is 5.99. The van der Waals surface area contributed by atoms with Crippen LogP contribution in [0.4, 0.5) is 0 Å². The summed E-state index contributed by atoms with van der Waals surface area (Å²) in [6.45, 7) is 4.09. The lowest BCUT2D eigenvalue weighted by Crippen LogP contribution is -2.52. The van der Waals surface area contributed by atoms with Crippen LogP contribution < -0.4 is 9.47 Å². The van der Waals surface area contributed by atoms with E-state index in [9.17, 15) is 8.42 Å². The molecule has 0 amide bonds. The molecule has 2 aromatic carbocycles. The topological polar surface area (TPSA) is 65.1 Å². The normalized spacial score (nSPS) is 23.4. The molecule has 164 valence electrons. The SMILES string of the molecule is CCC[C@]1(CC)CS(=O)(=O)c2cc(OC)c(OC)cc2[C@@H](c2ccccc2)N1OC. The van der Waals surface area contributed by atoms with E-state index in [1.54, 1.807) is 26.4 Å². The number of methoxy groups -OCH3 is 2. The van der Waals surface area contributed by atoms with E-state index >= 15 is 0 Å². The zero-order valence-corrected chi connectivity index (χ0v) is 19.2. The van der Waals surface area contributed by atoms with E-state index in [0.717, 1.165) is 12.0 Å². The van der Waals surface area contributed by atoms with Crippen molar-refractivity contribution in [2.75, 3.05) is 27.1 Å². The third kappa shape index (κ3) is 3.82. The zero-order valence-electron chi connectivity index (χ0n) is 18.3. The number of rotatable bonds is 7. The van der Waals surface area contributed by atoms with Gasteiger partial charge in [0.1, 0.15) is 0 Å². The molecular weight excluding hydrogens is 402 g/mol. The molecule has 0 aromatic heterocycles. The van der Waals surface area contributed by atoms with E-state index in [-0.39, 0.29) is 10.6 Å². The number of fused-ring (bicyclic) bond motifs is 1. The molecule has 0 aliphatic carbocycles. The summed E-state index contributed by atoms with van der Waals surface area (Å²) in [6, 6.07) is 12.8. The van der Waals surface area contributed by atoms with Crippen LogP contribution in [0.25, 0.3) is 0 Å². The Morgan fingerprint density at radius 3 is 2.20 bits per heavy atom. The molecular formula is C23H31NO5S. The van der Waals surface area contributed by atoms with Crippen molar-refractivity contribution in [3.05, 3.63) is 53.6 Å². The van der Waals surface area contributed by atoms with Crippen molar-refractivity contribution in [1.82, 2.24) is 5.06 Å². The Labute approximate surface area is 179 Å². The average Bonchev–Trinajstić information content (AvgIpc) is 2.83. The minimum absolute atomic E-state index is 0.0238. The average molecular weight is 434 g/mol. The molecule has 0 spiro atoms. The molecule has 1 aliphatic rings. The number of nitrogens with zero attached hydrogens (tertiary/aromatic N) is 1. The quantitative estimate of drug-likeness (QED) is 0.645. The summed E-state index contributed by atoms with van der Waals surface area (Å²) >= 11 is 0. The first-order valence-corrected chi connectivity index (χ1v) is 11.9. The second kappa shape index (κ2) is 8.96. The smallest absolute Gasteiger partial charge is 0.180 e. The van der Waals surface area contributed by atoms with Crippen molar-refractivity contribution in [3.8, 4) is 11.5 Å². The molecule has 0 fully saturated rings. The van der Waals surface area contributed by atoms with Crippen LogP contribution in [-0.2, 0) is 14.7 Å². The van der Waals surface area contributed by atoms with Gasteiger partial charge in [-0.2, -0.15) is 5.06 Å². The second-order valence-electron chi connectivity index (χ2n) is 7.65. The van der Waals surface area contributed by atoms with Crippen molar-refractivity contribution >= 4 is 9.84 Å². The van der Waals surface area contributed by atoms with Gasteiger partial charge in [0.25, 0.3) is 0 Å². The van der Waals surface area contributed by atoms with E-state index in [2.05, 4.69) is 6.92 Å². The fourth-order valence-corrected chi connectivity index (χ4v) is 6.74. The number of hydroxylamine groups is 2. The lowest BCUT2D eigenvalue weighted by molar-refractivity contribution is -0.220. The van der Waals surface area contributed by atoms with Gasteiger partial charge >= 0.3 is 0 Å². The first-order chi connectivity index (χ1) is 14.4. The van der Waals surface area contributed by atoms with E-state index in [4.69, 9.17) is 14.3 Å². The van der Waals surface area contributed by atoms with Crippen molar-refractivity contribution in [1.29, 1.82) is 0 Å². The summed E-state index contributed by atoms with van der Waals surface area (Å²) in [7, 11) is 1.06. The molecule has 30 heavy (non-hydrogen) atoms. The molecule has 6 nitrogen and oxygen atoms in total. The van der Waals surface area contributed by atoms with Gasteiger partial charge in [-0.05, 0) is 30.0 Å². The molecule has 3 rings (SSSR count). The van der Waals surface area contributed by atoms with Gasteiger partial charge in [-0.3, -0.25) is 0 Å². The Kier molecular flexibility index (Phi) is 6.75. The molecule has 1 aliphatic heterocycles. The number of hydrogen-bond acceptors (Lipinski definition) is 6. The van der Waals surface area contributed by atoms with Gasteiger partial charge in [0.15, 0.2) is 21.3 Å². The summed E-state index contributed by atoms with van der Waals surface area (Å²) in [4.78, 5) is 6.24. The van der Waals surface area contributed by atoms with Crippen LogP contribution in [-0.4, -0.2) is 46.1 Å². The monoisotopic (exact) mass is 433 g/mol. The molecule has 2 aromatic rings. The van der Waals surface area contributed by atoms with Crippen LogP contribution >= 0.6 is 0 Å². The van der Waals surface area contributed by atoms with Crippen LogP contribution in [0.2, 0.25) is 0 Å².